The Kier molecular flexibility index (Phi) is 5.36. The van der Waals surface area contributed by atoms with E-state index in [9.17, 15) is 10.1 Å². The Labute approximate surface area is 120 Å². The van der Waals surface area contributed by atoms with Gasteiger partial charge >= 0.3 is 5.69 Å². The third kappa shape index (κ3) is 5.07. The molecule has 1 N–H and O–H groups in total. The van der Waals surface area contributed by atoms with Gasteiger partial charge in [0, 0.05) is 6.54 Å². The van der Waals surface area contributed by atoms with Gasteiger partial charge in [0.25, 0.3) is 0 Å². The first-order chi connectivity index (χ1) is 9.20. The van der Waals surface area contributed by atoms with E-state index in [-0.39, 0.29) is 17.2 Å². The standard InChI is InChI=1S/C15H24N2O3/c1-11(2)20-13-8-6-7-12(14(13)17(18)19)16-10-9-15(3,4)5/h6-8,11,16H,9-10H2,1-5H3. The molecule has 0 aromatic heterocycles. The van der Waals surface area contributed by atoms with Gasteiger partial charge in [0.05, 0.1) is 11.0 Å². The number of hydrogen-bond donors (Lipinski definition) is 1. The van der Waals surface area contributed by atoms with Crippen LogP contribution in [0.1, 0.15) is 41.0 Å². The maximum absolute atomic E-state index is 11.3. The second-order valence-electron chi connectivity index (χ2n) is 6.31. The summed E-state index contributed by atoms with van der Waals surface area (Å²) in [5, 5.41) is 14.4. The van der Waals surface area contributed by atoms with Gasteiger partial charge in [-0.1, -0.05) is 26.8 Å². The molecule has 1 rings (SSSR count). The molecule has 5 nitrogen and oxygen atoms in total. The molecule has 20 heavy (non-hydrogen) atoms. The fourth-order valence-corrected chi connectivity index (χ4v) is 1.77. The number of anilines is 1. The Balaban J connectivity index is 2.92. The maximum Gasteiger partial charge on any atom is 0.333 e. The first kappa shape index (κ1) is 16.3. The summed E-state index contributed by atoms with van der Waals surface area (Å²) in [5.41, 5.74) is 0.709. The van der Waals surface area contributed by atoms with Gasteiger partial charge < -0.3 is 10.1 Å². The highest BCUT2D eigenvalue weighted by Crippen LogP contribution is 2.35. The van der Waals surface area contributed by atoms with E-state index in [2.05, 4.69) is 26.1 Å². The van der Waals surface area contributed by atoms with Crippen molar-refractivity contribution in [2.45, 2.75) is 47.1 Å². The topological polar surface area (TPSA) is 64.4 Å². The smallest absolute Gasteiger partial charge is 0.333 e. The molecule has 0 spiro atoms. The summed E-state index contributed by atoms with van der Waals surface area (Å²) in [4.78, 5) is 10.9. The van der Waals surface area contributed by atoms with Crippen molar-refractivity contribution < 1.29 is 9.66 Å². The summed E-state index contributed by atoms with van der Waals surface area (Å²) in [6.45, 7) is 10.8. The SMILES string of the molecule is CC(C)Oc1cccc(NCCC(C)(C)C)c1[N+](=O)[O-]. The molecule has 5 heteroatoms. The van der Waals surface area contributed by atoms with Gasteiger partial charge in [0.1, 0.15) is 5.69 Å². The molecule has 0 amide bonds. The summed E-state index contributed by atoms with van der Waals surface area (Å²) in [6.07, 6.45) is 0.831. The lowest BCUT2D eigenvalue weighted by Gasteiger charge is -2.19. The van der Waals surface area contributed by atoms with Crippen LogP contribution >= 0.6 is 0 Å². The summed E-state index contributed by atoms with van der Waals surface area (Å²) >= 11 is 0. The zero-order chi connectivity index (χ0) is 15.3. The number of nitro benzene ring substituents is 1. The number of nitro groups is 1. The second-order valence-corrected chi connectivity index (χ2v) is 6.31. The van der Waals surface area contributed by atoms with E-state index in [0.717, 1.165) is 6.42 Å². The van der Waals surface area contributed by atoms with Crippen molar-refractivity contribution >= 4 is 11.4 Å². The lowest BCUT2D eigenvalue weighted by atomic mass is 9.92. The van der Waals surface area contributed by atoms with Crippen LogP contribution < -0.4 is 10.1 Å². The van der Waals surface area contributed by atoms with Crippen LogP contribution in [0.15, 0.2) is 18.2 Å². The van der Waals surface area contributed by atoms with E-state index < -0.39 is 4.92 Å². The molecule has 0 unspecified atom stereocenters. The van der Waals surface area contributed by atoms with Crippen LogP contribution in [-0.2, 0) is 0 Å². The monoisotopic (exact) mass is 280 g/mol. The molecule has 112 valence electrons. The quantitative estimate of drug-likeness (QED) is 0.625. The fraction of sp³-hybridized carbons (Fsp3) is 0.600. The molecular weight excluding hydrogens is 256 g/mol. The molecule has 0 aliphatic heterocycles. The van der Waals surface area contributed by atoms with Gasteiger partial charge in [0.2, 0.25) is 0 Å². The van der Waals surface area contributed by atoms with Crippen molar-refractivity contribution in [3.05, 3.63) is 28.3 Å². The Morgan fingerprint density at radius 2 is 2.00 bits per heavy atom. The van der Waals surface area contributed by atoms with Gasteiger partial charge in [-0.05, 0) is 37.8 Å². The van der Waals surface area contributed by atoms with Crippen LogP contribution in [0.4, 0.5) is 11.4 Å². The van der Waals surface area contributed by atoms with E-state index >= 15 is 0 Å². The Bertz CT molecular complexity index is 465. The largest absolute Gasteiger partial charge is 0.484 e. The normalized spacial score (nSPS) is 11.5. The average Bonchev–Trinajstić information content (AvgIpc) is 2.25. The second kappa shape index (κ2) is 6.59. The van der Waals surface area contributed by atoms with Crippen molar-refractivity contribution in [1.82, 2.24) is 0 Å². The number of nitrogens with zero attached hydrogens (tertiary/aromatic N) is 1. The lowest BCUT2D eigenvalue weighted by Crippen LogP contribution is -2.14. The highest BCUT2D eigenvalue weighted by Gasteiger charge is 2.22. The van der Waals surface area contributed by atoms with E-state index in [1.54, 1.807) is 18.2 Å². The van der Waals surface area contributed by atoms with E-state index in [1.807, 2.05) is 13.8 Å². The number of nitrogens with one attached hydrogen (secondary N) is 1. The van der Waals surface area contributed by atoms with Gasteiger partial charge in [0.15, 0.2) is 5.75 Å². The number of ether oxygens (including phenoxy) is 1. The minimum Gasteiger partial charge on any atom is -0.484 e. The van der Waals surface area contributed by atoms with Gasteiger partial charge in [-0.15, -0.1) is 0 Å². The van der Waals surface area contributed by atoms with Gasteiger partial charge in [-0.2, -0.15) is 0 Å². The van der Waals surface area contributed by atoms with Crippen molar-refractivity contribution in [1.29, 1.82) is 0 Å². The highest BCUT2D eigenvalue weighted by molar-refractivity contribution is 5.68. The van der Waals surface area contributed by atoms with Crippen LogP contribution in [0.25, 0.3) is 0 Å². The summed E-state index contributed by atoms with van der Waals surface area (Å²) in [7, 11) is 0. The summed E-state index contributed by atoms with van der Waals surface area (Å²) in [5.74, 6) is 0.311. The lowest BCUT2D eigenvalue weighted by molar-refractivity contribution is -0.385. The van der Waals surface area contributed by atoms with Crippen molar-refractivity contribution in [2.24, 2.45) is 5.41 Å². The molecule has 0 atom stereocenters. The minimum absolute atomic E-state index is 0.00936. The third-order valence-corrected chi connectivity index (χ3v) is 2.73. The molecule has 0 aliphatic rings. The predicted octanol–water partition coefficient (Wildman–Crippen LogP) is 4.23. The summed E-state index contributed by atoms with van der Waals surface area (Å²) < 4.78 is 5.51. The molecule has 0 heterocycles. The predicted molar refractivity (Wildman–Crippen MR) is 81.4 cm³/mol. The summed E-state index contributed by atoms with van der Waals surface area (Å²) in [6, 6.07) is 5.12. The van der Waals surface area contributed by atoms with E-state index in [4.69, 9.17) is 4.74 Å². The molecular formula is C15H24N2O3. The first-order valence-electron chi connectivity index (χ1n) is 6.88. The Morgan fingerprint density at radius 1 is 1.35 bits per heavy atom. The van der Waals surface area contributed by atoms with Crippen LogP contribution in [-0.4, -0.2) is 17.6 Å². The van der Waals surface area contributed by atoms with Crippen molar-refractivity contribution in [2.75, 3.05) is 11.9 Å². The van der Waals surface area contributed by atoms with Crippen LogP contribution in [0.3, 0.4) is 0 Å². The number of hydrogen-bond acceptors (Lipinski definition) is 4. The highest BCUT2D eigenvalue weighted by atomic mass is 16.6. The molecule has 1 aromatic carbocycles. The number of benzene rings is 1. The van der Waals surface area contributed by atoms with Crippen molar-refractivity contribution in [3.63, 3.8) is 0 Å². The van der Waals surface area contributed by atoms with E-state index in [1.165, 1.54) is 0 Å². The molecule has 0 fully saturated rings. The fourth-order valence-electron chi connectivity index (χ4n) is 1.77. The van der Waals surface area contributed by atoms with Crippen LogP contribution in [0.2, 0.25) is 0 Å². The number of para-hydroxylation sites is 1. The Hall–Kier alpha value is -1.78. The molecule has 0 aliphatic carbocycles. The van der Waals surface area contributed by atoms with Crippen LogP contribution in [0, 0.1) is 15.5 Å². The van der Waals surface area contributed by atoms with Crippen molar-refractivity contribution in [3.8, 4) is 5.75 Å². The maximum atomic E-state index is 11.3. The third-order valence-electron chi connectivity index (χ3n) is 2.73. The minimum atomic E-state index is -0.392. The van der Waals surface area contributed by atoms with Gasteiger partial charge in [-0.25, -0.2) is 0 Å². The molecule has 0 radical (unpaired) electrons. The molecule has 0 saturated carbocycles. The van der Waals surface area contributed by atoms with Crippen LogP contribution in [0.5, 0.6) is 5.75 Å². The number of rotatable bonds is 6. The molecule has 1 aromatic rings. The zero-order valence-electron chi connectivity index (χ0n) is 12.9. The van der Waals surface area contributed by atoms with Gasteiger partial charge in [-0.3, -0.25) is 10.1 Å². The Morgan fingerprint density at radius 3 is 2.50 bits per heavy atom. The first-order valence-corrected chi connectivity index (χ1v) is 6.88. The van der Waals surface area contributed by atoms with E-state index in [0.29, 0.717) is 18.0 Å². The average molecular weight is 280 g/mol. The molecule has 0 bridgehead atoms. The zero-order valence-corrected chi connectivity index (χ0v) is 12.9. The molecule has 0 saturated heterocycles.